The monoisotopic (exact) mass is 224 g/mol. The van der Waals surface area contributed by atoms with Crippen molar-refractivity contribution in [3.05, 3.63) is 36.4 Å². The number of phenolic OH excluding ortho intramolecular Hbond substituents is 1. The Morgan fingerprint density at radius 2 is 1.53 bits per heavy atom. The first-order valence-electron chi connectivity index (χ1n) is 4.26. The second kappa shape index (κ2) is 3.35. The number of aromatic hydroxyl groups is 1. The van der Waals surface area contributed by atoms with E-state index in [9.17, 15) is 9.67 Å². The summed E-state index contributed by atoms with van der Waals surface area (Å²) in [6, 6.07) is 9.71. The molecule has 15 heavy (non-hydrogen) atoms. The largest absolute Gasteiger partial charge is 0.507 e. The average molecular weight is 224 g/mol. The van der Waals surface area contributed by atoms with Gasteiger partial charge in [-0.3, -0.25) is 4.57 Å². The molecule has 78 valence electrons. The Bertz CT molecular complexity index is 558. The van der Waals surface area contributed by atoms with Crippen LogP contribution in [-0.4, -0.2) is 14.9 Å². The van der Waals surface area contributed by atoms with Gasteiger partial charge in [-0.1, -0.05) is 24.3 Å². The summed E-state index contributed by atoms with van der Waals surface area (Å²) in [5, 5.41) is 10.6. The van der Waals surface area contributed by atoms with Crippen molar-refractivity contribution >= 4 is 23.7 Å². The van der Waals surface area contributed by atoms with E-state index in [2.05, 4.69) is 0 Å². The molecule has 0 aliphatic rings. The van der Waals surface area contributed by atoms with Crippen LogP contribution in [0, 0.1) is 0 Å². The van der Waals surface area contributed by atoms with Crippen molar-refractivity contribution in [2.75, 3.05) is 0 Å². The molecule has 0 unspecified atom stereocenters. The first-order chi connectivity index (χ1) is 6.98. The summed E-state index contributed by atoms with van der Waals surface area (Å²) in [4.78, 5) is 18.0. The van der Waals surface area contributed by atoms with Crippen LogP contribution < -0.4 is 5.30 Å². The van der Waals surface area contributed by atoms with Crippen LogP contribution in [0.5, 0.6) is 5.75 Å². The molecule has 0 saturated carbocycles. The SMILES string of the molecule is O=P(O)(O)c1cc2ccccc2cc1O. The van der Waals surface area contributed by atoms with Gasteiger partial charge in [0.15, 0.2) is 0 Å². The molecule has 3 N–H and O–H groups in total. The molecule has 2 aromatic carbocycles. The van der Waals surface area contributed by atoms with Gasteiger partial charge in [-0.15, -0.1) is 0 Å². The van der Waals surface area contributed by atoms with E-state index < -0.39 is 7.60 Å². The zero-order chi connectivity index (χ0) is 11.1. The molecule has 0 amide bonds. The van der Waals surface area contributed by atoms with E-state index >= 15 is 0 Å². The van der Waals surface area contributed by atoms with Crippen LogP contribution in [0.1, 0.15) is 0 Å². The second-order valence-corrected chi connectivity index (χ2v) is 4.80. The zero-order valence-corrected chi connectivity index (χ0v) is 8.56. The quantitative estimate of drug-likeness (QED) is 0.639. The maximum absolute atomic E-state index is 11.0. The van der Waals surface area contributed by atoms with Crippen LogP contribution in [-0.2, 0) is 4.57 Å². The van der Waals surface area contributed by atoms with Gasteiger partial charge >= 0.3 is 7.60 Å². The molecule has 0 saturated heterocycles. The van der Waals surface area contributed by atoms with Gasteiger partial charge in [0.2, 0.25) is 0 Å². The maximum Gasteiger partial charge on any atom is 0.359 e. The van der Waals surface area contributed by atoms with Crippen LogP contribution in [0.4, 0.5) is 0 Å². The third-order valence-corrected chi connectivity index (χ3v) is 3.14. The van der Waals surface area contributed by atoms with Gasteiger partial charge in [0.25, 0.3) is 0 Å². The topological polar surface area (TPSA) is 77.8 Å². The van der Waals surface area contributed by atoms with E-state index in [1.165, 1.54) is 12.1 Å². The van der Waals surface area contributed by atoms with E-state index in [0.29, 0.717) is 5.39 Å². The van der Waals surface area contributed by atoms with E-state index in [1.54, 1.807) is 24.3 Å². The van der Waals surface area contributed by atoms with Crippen LogP contribution in [0.3, 0.4) is 0 Å². The zero-order valence-electron chi connectivity index (χ0n) is 7.66. The van der Waals surface area contributed by atoms with Gasteiger partial charge in [0, 0.05) is 0 Å². The molecule has 0 aliphatic carbocycles. The van der Waals surface area contributed by atoms with Crippen molar-refractivity contribution in [2.24, 2.45) is 0 Å². The van der Waals surface area contributed by atoms with Gasteiger partial charge in [-0.2, -0.15) is 0 Å². The van der Waals surface area contributed by atoms with Crippen LogP contribution in [0.25, 0.3) is 10.8 Å². The molecular formula is C10H9O4P. The highest BCUT2D eigenvalue weighted by Crippen LogP contribution is 2.38. The molecular weight excluding hydrogens is 215 g/mol. The fourth-order valence-electron chi connectivity index (χ4n) is 1.45. The minimum Gasteiger partial charge on any atom is -0.507 e. The molecule has 0 aliphatic heterocycles. The fourth-order valence-corrected chi connectivity index (χ4v) is 2.12. The van der Waals surface area contributed by atoms with Crippen molar-refractivity contribution in [3.8, 4) is 5.75 Å². The van der Waals surface area contributed by atoms with E-state index in [-0.39, 0.29) is 11.1 Å². The number of hydrogen-bond acceptors (Lipinski definition) is 2. The normalized spacial score (nSPS) is 11.9. The van der Waals surface area contributed by atoms with Crippen molar-refractivity contribution in [2.45, 2.75) is 0 Å². The standard InChI is InChI=1S/C10H9O4P/c11-9-5-7-3-1-2-4-8(7)6-10(9)15(12,13)14/h1-6,11H,(H2,12,13,14). The Labute approximate surface area is 86.0 Å². The highest BCUT2D eigenvalue weighted by atomic mass is 31.2. The molecule has 2 rings (SSSR count). The minimum atomic E-state index is -4.41. The van der Waals surface area contributed by atoms with E-state index in [1.807, 2.05) is 0 Å². The Morgan fingerprint density at radius 3 is 2.07 bits per heavy atom. The molecule has 4 nitrogen and oxygen atoms in total. The van der Waals surface area contributed by atoms with E-state index in [0.717, 1.165) is 5.39 Å². The summed E-state index contributed by atoms with van der Waals surface area (Å²) >= 11 is 0. The predicted octanol–water partition coefficient (Wildman–Crippen LogP) is 1.35. The molecule has 0 heterocycles. The lowest BCUT2D eigenvalue weighted by Gasteiger charge is -2.07. The van der Waals surface area contributed by atoms with Crippen LogP contribution in [0.15, 0.2) is 36.4 Å². The van der Waals surface area contributed by atoms with Crippen LogP contribution in [0.2, 0.25) is 0 Å². The molecule has 0 atom stereocenters. The molecule has 0 spiro atoms. The summed E-state index contributed by atoms with van der Waals surface area (Å²) in [7, 11) is -4.41. The first kappa shape index (κ1) is 10.2. The number of benzene rings is 2. The fraction of sp³-hybridized carbons (Fsp3) is 0. The molecule has 0 bridgehead atoms. The first-order valence-corrected chi connectivity index (χ1v) is 5.87. The lowest BCUT2D eigenvalue weighted by Crippen LogP contribution is -2.04. The summed E-state index contributed by atoms with van der Waals surface area (Å²) in [5.74, 6) is -0.373. The minimum absolute atomic E-state index is 0.332. The Morgan fingerprint density at radius 1 is 1.00 bits per heavy atom. The van der Waals surface area contributed by atoms with Gasteiger partial charge in [0.05, 0.1) is 0 Å². The van der Waals surface area contributed by atoms with Crippen molar-refractivity contribution in [1.29, 1.82) is 0 Å². The number of fused-ring (bicyclic) bond motifs is 1. The summed E-state index contributed by atoms with van der Waals surface area (Å²) in [5.41, 5.74) is 0. The van der Waals surface area contributed by atoms with Crippen molar-refractivity contribution in [3.63, 3.8) is 0 Å². The van der Waals surface area contributed by atoms with E-state index in [4.69, 9.17) is 9.79 Å². The molecule has 5 heteroatoms. The third-order valence-electron chi connectivity index (χ3n) is 2.16. The predicted molar refractivity (Wildman–Crippen MR) is 57.3 cm³/mol. The van der Waals surface area contributed by atoms with Gasteiger partial charge in [0.1, 0.15) is 11.1 Å². The Balaban J connectivity index is 2.79. The highest BCUT2D eigenvalue weighted by Gasteiger charge is 2.21. The van der Waals surface area contributed by atoms with Gasteiger partial charge < -0.3 is 14.9 Å². The molecule has 2 aromatic rings. The molecule has 0 aromatic heterocycles. The third kappa shape index (κ3) is 1.88. The number of hydrogen-bond donors (Lipinski definition) is 3. The van der Waals surface area contributed by atoms with Crippen LogP contribution >= 0.6 is 7.60 Å². The lowest BCUT2D eigenvalue weighted by atomic mass is 10.1. The molecule has 0 radical (unpaired) electrons. The van der Waals surface area contributed by atoms with Gasteiger partial charge in [-0.05, 0) is 22.9 Å². The Kier molecular flexibility index (Phi) is 2.27. The van der Waals surface area contributed by atoms with Gasteiger partial charge in [-0.25, -0.2) is 0 Å². The molecule has 0 fully saturated rings. The summed E-state index contributed by atoms with van der Waals surface area (Å²) in [6.07, 6.45) is 0. The lowest BCUT2D eigenvalue weighted by molar-refractivity contribution is 0.384. The second-order valence-electron chi connectivity index (χ2n) is 3.23. The summed E-state index contributed by atoms with van der Waals surface area (Å²) in [6.45, 7) is 0. The highest BCUT2D eigenvalue weighted by molar-refractivity contribution is 7.60. The summed E-state index contributed by atoms with van der Waals surface area (Å²) < 4.78 is 11.0. The number of rotatable bonds is 1. The smallest absolute Gasteiger partial charge is 0.359 e. The average Bonchev–Trinajstić information content (AvgIpc) is 2.15. The maximum atomic E-state index is 11.0. The Hall–Kier alpha value is -1.35. The number of phenols is 1. The van der Waals surface area contributed by atoms with Crippen molar-refractivity contribution in [1.82, 2.24) is 0 Å². The van der Waals surface area contributed by atoms with Crippen molar-refractivity contribution < 1.29 is 19.5 Å².